The number of hydrogen-bond acceptors (Lipinski definition) is 4. The zero-order chi connectivity index (χ0) is 18.0. The number of likely N-dealkylation sites (tertiary alicyclic amines) is 1. The number of rotatable bonds is 4. The number of hydrogen-bond donors (Lipinski definition) is 4. The van der Waals surface area contributed by atoms with Gasteiger partial charge < -0.3 is 25.4 Å². The second kappa shape index (κ2) is 6.56. The van der Waals surface area contributed by atoms with Crippen LogP contribution in [0.2, 0.25) is 0 Å². The van der Waals surface area contributed by atoms with Crippen molar-refractivity contribution in [1.82, 2.24) is 15.2 Å². The number of aromatic amines is 1. The van der Waals surface area contributed by atoms with Crippen LogP contribution in [0.3, 0.4) is 0 Å². The van der Waals surface area contributed by atoms with Gasteiger partial charge in [-0.2, -0.15) is 0 Å². The average Bonchev–Trinajstić information content (AvgIpc) is 3.04. The minimum Gasteiger partial charge on any atom is -0.479 e. The van der Waals surface area contributed by atoms with Gasteiger partial charge >= 0.3 is 5.97 Å². The summed E-state index contributed by atoms with van der Waals surface area (Å²) in [5, 5.41) is 22.3. The third-order valence-electron chi connectivity index (χ3n) is 4.52. The molecule has 8 nitrogen and oxygen atoms in total. The molecule has 0 spiro atoms. The summed E-state index contributed by atoms with van der Waals surface area (Å²) >= 11 is 0. The highest BCUT2D eigenvalue weighted by molar-refractivity contribution is 5.99. The summed E-state index contributed by atoms with van der Waals surface area (Å²) in [6.45, 7) is 0.105. The van der Waals surface area contributed by atoms with Crippen LogP contribution in [-0.2, 0) is 9.59 Å². The molecule has 0 aliphatic carbocycles. The Hall–Kier alpha value is -2.87. The number of aliphatic hydroxyl groups is 1. The van der Waals surface area contributed by atoms with E-state index in [0.717, 1.165) is 10.9 Å². The quantitative estimate of drug-likeness (QED) is 0.636. The van der Waals surface area contributed by atoms with Crippen LogP contribution < -0.4 is 5.32 Å². The van der Waals surface area contributed by atoms with E-state index in [0.29, 0.717) is 5.69 Å². The molecular weight excluding hydrogens is 326 g/mol. The molecule has 0 unspecified atom stereocenters. The third kappa shape index (κ3) is 3.48. The lowest BCUT2D eigenvalue weighted by atomic mass is 9.91. The zero-order valence-corrected chi connectivity index (χ0v) is 13.5. The molecule has 25 heavy (non-hydrogen) atoms. The molecule has 2 aromatic rings. The number of nitrogens with zero attached hydrogens (tertiary/aromatic N) is 1. The molecule has 1 aromatic carbocycles. The highest BCUT2D eigenvalue weighted by atomic mass is 16.4. The van der Waals surface area contributed by atoms with Crippen molar-refractivity contribution in [3.8, 4) is 0 Å². The predicted octanol–water partition coefficient (Wildman–Crippen LogP) is 0.336. The highest BCUT2D eigenvalue weighted by Gasteiger charge is 2.40. The minimum atomic E-state index is -1.77. The molecule has 2 heterocycles. The molecule has 1 aromatic heterocycles. The van der Waals surface area contributed by atoms with Gasteiger partial charge in [0.2, 0.25) is 5.91 Å². The SMILES string of the molecule is O=C(NCC(=O)N1CCC(O)(C(=O)O)CC1)c1cc2ccccc2[nH]1. The number of carbonyl (C=O) groups excluding carboxylic acids is 2. The van der Waals surface area contributed by atoms with Crippen molar-refractivity contribution in [2.45, 2.75) is 18.4 Å². The summed E-state index contributed by atoms with van der Waals surface area (Å²) in [5.41, 5.74) is -0.569. The van der Waals surface area contributed by atoms with Crippen molar-refractivity contribution in [1.29, 1.82) is 0 Å². The Kier molecular flexibility index (Phi) is 4.45. The lowest BCUT2D eigenvalue weighted by Crippen LogP contribution is -2.52. The summed E-state index contributed by atoms with van der Waals surface area (Å²) in [4.78, 5) is 39.7. The van der Waals surface area contributed by atoms with Crippen molar-refractivity contribution >= 4 is 28.7 Å². The molecule has 0 radical (unpaired) electrons. The van der Waals surface area contributed by atoms with Crippen LogP contribution >= 0.6 is 0 Å². The molecule has 0 atom stereocenters. The number of aliphatic carboxylic acids is 1. The smallest absolute Gasteiger partial charge is 0.335 e. The van der Waals surface area contributed by atoms with Gasteiger partial charge in [-0.25, -0.2) is 4.79 Å². The number of benzene rings is 1. The molecule has 2 amide bonds. The summed E-state index contributed by atoms with van der Waals surface area (Å²) in [6, 6.07) is 9.18. The first-order valence-corrected chi connectivity index (χ1v) is 7.98. The van der Waals surface area contributed by atoms with Crippen LogP contribution in [0.1, 0.15) is 23.3 Å². The zero-order valence-electron chi connectivity index (χ0n) is 13.5. The Bertz CT molecular complexity index is 788. The van der Waals surface area contributed by atoms with E-state index in [9.17, 15) is 19.5 Å². The van der Waals surface area contributed by atoms with Gasteiger partial charge in [-0.3, -0.25) is 9.59 Å². The summed E-state index contributed by atoms with van der Waals surface area (Å²) in [7, 11) is 0. The summed E-state index contributed by atoms with van der Waals surface area (Å²) in [5.74, 6) is -1.97. The monoisotopic (exact) mass is 345 g/mol. The molecule has 0 bridgehead atoms. The van der Waals surface area contributed by atoms with E-state index in [-0.39, 0.29) is 44.3 Å². The molecule has 132 valence electrons. The number of carboxylic acid groups (broad SMARTS) is 1. The molecule has 4 N–H and O–H groups in total. The summed E-state index contributed by atoms with van der Waals surface area (Å²) in [6.07, 6.45) is -0.0475. The minimum absolute atomic E-state index is 0.0238. The van der Waals surface area contributed by atoms with E-state index in [1.807, 2.05) is 24.3 Å². The number of piperidine rings is 1. The van der Waals surface area contributed by atoms with Gasteiger partial charge in [-0.05, 0) is 12.1 Å². The van der Waals surface area contributed by atoms with Gasteiger partial charge in [0.15, 0.2) is 5.60 Å². The molecular formula is C17H19N3O5. The number of amides is 2. The maximum Gasteiger partial charge on any atom is 0.335 e. The van der Waals surface area contributed by atoms with Gasteiger partial charge in [-0.15, -0.1) is 0 Å². The Morgan fingerprint density at radius 1 is 1.20 bits per heavy atom. The van der Waals surface area contributed by atoms with Crippen molar-refractivity contribution in [3.63, 3.8) is 0 Å². The molecule has 1 aliphatic heterocycles. The van der Waals surface area contributed by atoms with E-state index < -0.39 is 11.6 Å². The normalized spacial score (nSPS) is 16.6. The lowest BCUT2D eigenvalue weighted by molar-refractivity contribution is -0.165. The van der Waals surface area contributed by atoms with Crippen molar-refractivity contribution in [2.75, 3.05) is 19.6 Å². The predicted molar refractivity (Wildman–Crippen MR) is 89.0 cm³/mol. The maximum atomic E-state index is 12.2. The van der Waals surface area contributed by atoms with Crippen LogP contribution in [0.4, 0.5) is 0 Å². The Morgan fingerprint density at radius 3 is 2.52 bits per heavy atom. The molecule has 8 heteroatoms. The van der Waals surface area contributed by atoms with Crippen LogP contribution in [0, 0.1) is 0 Å². The average molecular weight is 345 g/mol. The topological polar surface area (TPSA) is 123 Å². The summed E-state index contributed by atoms with van der Waals surface area (Å²) < 4.78 is 0. The third-order valence-corrected chi connectivity index (χ3v) is 4.52. The van der Waals surface area contributed by atoms with Gasteiger partial charge in [0, 0.05) is 36.8 Å². The van der Waals surface area contributed by atoms with Crippen molar-refractivity contribution < 1.29 is 24.6 Å². The van der Waals surface area contributed by atoms with E-state index >= 15 is 0 Å². The van der Waals surface area contributed by atoms with Crippen LogP contribution in [-0.4, -0.2) is 63.1 Å². The van der Waals surface area contributed by atoms with E-state index in [4.69, 9.17) is 5.11 Å². The van der Waals surface area contributed by atoms with Crippen molar-refractivity contribution in [3.05, 3.63) is 36.0 Å². The number of nitrogens with one attached hydrogen (secondary N) is 2. The largest absolute Gasteiger partial charge is 0.479 e. The van der Waals surface area contributed by atoms with E-state index in [2.05, 4.69) is 10.3 Å². The Balaban J connectivity index is 1.54. The fourth-order valence-electron chi connectivity index (χ4n) is 2.90. The maximum absolute atomic E-state index is 12.2. The van der Waals surface area contributed by atoms with E-state index in [1.165, 1.54) is 4.90 Å². The van der Waals surface area contributed by atoms with Gasteiger partial charge in [0.05, 0.1) is 6.54 Å². The number of H-pyrrole nitrogens is 1. The first-order chi connectivity index (χ1) is 11.9. The van der Waals surface area contributed by atoms with Crippen molar-refractivity contribution in [2.24, 2.45) is 0 Å². The standard InChI is InChI=1S/C17H19N3O5/c21-14(20-7-5-17(25,6-8-20)16(23)24)10-18-15(22)13-9-11-3-1-2-4-12(11)19-13/h1-4,9,19,25H,5-8,10H2,(H,18,22)(H,23,24). The molecule has 0 saturated carbocycles. The number of carbonyl (C=O) groups is 3. The first-order valence-electron chi connectivity index (χ1n) is 7.98. The van der Waals surface area contributed by atoms with Gasteiger partial charge in [-0.1, -0.05) is 18.2 Å². The van der Waals surface area contributed by atoms with Crippen LogP contribution in [0.15, 0.2) is 30.3 Å². The fraction of sp³-hybridized carbons (Fsp3) is 0.353. The Labute approximate surface area is 143 Å². The molecule has 1 saturated heterocycles. The Morgan fingerprint density at radius 2 is 1.88 bits per heavy atom. The fourth-order valence-corrected chi connectivity index (χ4v) is 2.90. The van der Waals surface area contributed by atoms with E-state index in [1.54, 1.807) is 6.07 Å². The number of fused-ring (bicyclic) bond motifs is 1. The highest BCUT2D eigenvalue weighted by Crippen LogP contribution is 2.22. The number of aromatic nitrogens is 1. The number of para-hydroxylation sites is 1. The molecule has 3 rings (SSSR count). The first kappa shape index (κ1) is 17.0. The molecule has 1 fully saturated rings. The molecule has 1 aliphatic rings. The second-order valence-corrected chi connectivity index (χ2v) is 6.17. The van der Waals surface area contributed by atoms with Crippen LogP contribution in [0.25, 0.3) is 10.9 Å². The lowest BCUT2D eigenvalue weighted by Gasteiger charge is -2.35. The van der Waals surface area contributed by atoms with Gasteiger partial charge in [0.1, 0.15) is 5.69 Å². The second-order valence-electron chi connectivity index (χ2n) is 6.17. The van der Waals surface area contributed by atoms with Gasteiger partial charge in [0.25, 0.3) is 5.91 Å². The number of carboxylic acids is 1. The van der Waals surface area contributed by atoms with Crippen LogP contribution in [0.5, 0.6) is 0 Å².